The van der Waals surface area contributed by atoms with Gasteiger partial charge in [0.2, 0.25) is 0 Å². The Morgan fingerprint density at radius 1 is 1.03 bits per heavy atom. The van der Waals surface area contributed by atoms with Crippen molar-refractivity contribution in [2.75, 3.05) is 13.7 Å². The lowest BCUT2D eigenvalue weighted by Gasteiger charge is -2.14. The first-order valence-electron chi connectivity index (χ1n) is 11.1. The summed E-state index contributed by atoms with van der Waals surface area (Å²) in [5, 5.41) is 0.475. The van der Waals surface area contributed by atoms with Crippen molar-refractivity contribution >= 4 is 33.2 Å². The third-order valence-electron chi connectivity index (χ3n) is 6.29. The molecule has 1 saturated heterocycles. The zero-order valence-corrected chi connectivity index (χ0v) is 18.5. The van der Waals surface area contributed by atoms with E-state index < -0.39 is 0 Å². The van der Waals surface area contributed by atoms with Crippen LogP contribution < -0.4 is 10.3 Å². The number of benzene rings is 2. The third-order valence-corrected chi connectivity index (χ3v) is 6.29. The van der Waals surface area contributed by atoms with Gasteiger partial charge in [0.1, 0.15) is 22.5 Å². The molecule has 1 atom stereocenters. The highest BCUT2D eigenvalue weighted by Crippen LogP contribution is 2.29. The van der Waals surface area contributed by atoms with Gasteiger partial charge in [-0.15, -0.1) is 0 Å². The molecule has 6 rings (SSSR count). The van der Waals surface area contributed by atoms with Crippen molar-refractivity contribution in [3.63, 3.8) is 0 Å². The lowest BCUT2D eigenvalue weighted by molar-refractivity contribution is 0.0955. The van der Waals surface area contributed by atoms with Gasteiger partial charge in [0.05, 0.1) is 30.8 Å². The summed E-state index contributed by atoms with van der Waals surface area (Å²) >= 11 is 0. The SMILES string of the molecule is COc1ccc(-n2c3nc4ccccc4nc3c3c(=O)n(C[C@@H]4CCCO4)c(C)nc32)cc1. The minimum Gasteiger partial charge on any atom is -0.497 e. The van der Waals surface area contributed by atoms with E-state index in [1.807, 2.05) is 60.0 Å². The predicted octanol–water partition coefficient (Wildman–Crippen LogP) is 3.78. The lowest BCUT2D eigenvalue weighted by atomic mass is 10.2. The van der Waals surface area contributed by atoms with Crippen LogP contribution in [0.15, 0.2) is 53.3 Å². The molecule has 4 heterocycles. The van der Waals surface area contributed by atoms with Crippen LogP contribution in [0, 0.1) is 6.92 Å². The fourth-order valence-corrected chi connectivity index (χ4v) is 4.61. The van der Waals surface area contributed by atoms with Crippen LogP contribution >= 0.6 is 0 Å². The Bertz CT molecular complexity index is 1560. The molecular weight excluding hydrogens is 418 g/mol. The average Bonchev–Trinajstić information content (AvgIpc) is 3.46. The van der Waals surface area contributed by atoms with Crippen LogP contribution in [0.25, 0.3) is 38.9 Å². The Morgan fingerprint density at radius 2 is 1.79 bits per heavy atom. The third kappa shape index (κ3) is 3.17. The number of aryl methyl sites for hydroxylation is 1. The fourth-order valence-electron chi connectivity index (χ4n) is 4.61. The minimum atomic E-state index is -0.116. The Balaban J connectivity index is 1.69. The topological polar surface area (TPSA) is 84.1 Å². The zero-order chi connectivity index (χ0) is 22.5. The molecule has 0 unspecified atom stereocenters. The van der Waals surface area contributed by atoms with Crippen LogP contribution in [0.2, 0.25) is 0 Å². The lowest BCUT2D eigenvalue weighted by Crippen LogP contribution is -2.29. The van der Waals surface area contributed by atoms with E-state index in [0.29, 0.717) is 34.6 Å². The van der Waals surface area contributed by atoms with E-state index in [9.17, 15) is 4.79 Å². The van der Waals surface area contributed by atoms with Crippen LogP contribution in [0.4, 0.5) is 0 Å². The van der Waals surface area contributed by atoms with Crippen LogP contribution in [-0.2, 0) is 11.3 Å². The molecule has 0 bridgehead atoms. The number of hydrogen-bond acceptors (Lipinski definition) is 6. The summed E-state index contributed by atoms with van der Waals surface area (Å²) in [6.07, 6.45) is 1.99. The van der Waals surface area contributed by atoms with Gasteiger partial charge in [0, 0.05) is 12.3 Å². The first-order chi connectivity index (χ1) is 16.1. The Kier molecular flexibility index (Phi) is 4.62. The van der Waals surface area contributed by atoms with Crippen LogP contribution in [0.5, 0.6) is 5.75 Å². The first kappa shape index (κ1) is 19.9. The molecule has 5 aromatic rings. The number of para-hydroxylation sites is 2. The van der Waals surface area contributed by atoms with E-state index >= 15 is 0 Å². The number of ether oxygens (including phenoxy) is 2. The second kappa shape index (κ2) is 7.67. The molecule has 33 heavy (non-hydrogen) atoms. The molecule has 1 aliphatic heterocycles. The second-order valence-corrected chi connectivity index (χ2v) is 8.33. The van der Waals surface area contributed by atoms with E-state index in [1.165, 1.54) is 0 Å². The normalized spacial score (nSPS) is 16.2. The maximum Gasteiger partial charge on any atom is 0.265 e. The number of rotatable bonds is 4. The standard InChI is InChI=1S/C25H23N5O3/c1-15-26-23-21(25(31)29(15)14-18-6-5-13-33-18)22-24(28-20-8-4-3-7-19(20)27-22)30(23)16-9-11-17(32-2)12-10-16/h3-4,7-12,18H,5-6,13-14H2,1-2H3/t18-/m0/s1. The molecule has 8 heteroatoms. The molecule has 0 aliphatic carbocycles. The first-order valence-corrected chi connectivity index (χ1v) is 11.1. The van der Waals surface area contributed by atoms with E-state index in [1.54, 1.807) is 11.7 Å². The fraction of sp³-hybridized carbons (Fsp3) is 0.280. The molecule has 3 aromatic heterocycles. The highest BCUT2D eigenvalue weighted by Gasteiger charge is 2.24. The van der Waals surface area contributed by atoms with Gasteiger partial charge in [0.25, 0.3) is 5.56 Å². The molecular formula is C25H23N5O3. The largest absolute Gasteiger partial charge is 0.497 e. The number of fused-ring (bicyclic) bond motifs is 4. The molecule has 0 spiro atoms. The second-order valence-electron chi connectivity index (χ2n) is 8.33. The smallest absolute Gasteiger partial charge is 0.265 e. The monoisotopic (exact) mass is 441 g/mol. The van der Waals surface area contributed by atoms with Crippen LogP contribution in [0.1, 0.15) is 18.7 Å². The molecule has 166 valence electrons. The van der Waals surface area contributed by atoms with Crippen molar-refractivity contribution in [2.24, 2.45) is 0 Å². The van der Waals surface area contributed by atoms with Gasteiger partial charge in [-0.3, -0.25) is 13.9 Å². The number of hydrogen-bond donors (Lipinski definition) is 0. The van der Waals surface area contributed by atoms with Gasteiger partial charge in [0.15, 0.2) is 11.3 Å². The summed E-state index contributed by atoms with van der Waals surface area (Å²) in [4.78, 5) is 28.4. The van der Waals surface area contributed by atoms with Gasteiger partial charge < -0.3 is 9.47 Å². The van der Waals surface area contributed by atoms with Gasteiger partial charge >= 0.3 is 0 Å². The summed E-state index contributed by atoms with van der Waals surface area (Å²) in [5.74, 6) is 1.39. The zero-order valence-electron chi connectivity index (χ0n) is 18.5. The maximum absolute atomic E-state index is 13.8. The van der Waals surface area contributed by atoms with Gasteiger partial charge in [-0.1, -0.05) is 12.1 Å². The molecule has 0 N–H and O–H groups in total. The molecule has 1 aliphatic rings. The van der Waals surface area contributed by atoms with Gasteiger partial charge in [-0.2, -0.15) is 0 Å². The van der Waals surface area contributed by atoms with Crippen molar-refractivity contribution in [2.45, 2.75) is 32.4 Å². The number of methoxy groups -OCH3 is 1. The van der Waals surface area contributed by atoms with Crippen molar-refractivity contribution in [1.82, 2.24) is 24.1 Å². The highest BCUT2D eigenvalue weighted by molar-refractivity contribution is 6.05. The van der Waals surface area contributed by atoms with E-state index in [4.69, 9.17) is 24.4 Å². The van der Waals surface area contributed by atoms with Gasteiger partial charge in [-0.05, 0) is 56.2 Å². The van der Waals surface area contributed by atoms with E-state index in [0.717, 1.165) is 41.9 Å². The van der Waals surface area contributed by atoms with Gasteiger partial charge in [-0.25, -0.2) is 15.0 Å². The van der Waals surface area contributed by atoms with E-state index in [-0.39, 0.29) is 11.7 Å². The molecule has 0 radical (unpaired) electrons. The quantitative estimate of drug-likeness (QED) is 0.422. The average molecular weight is 441 g/mol. The summed E-state index contributed by atoms with van der Waals surface area (Å²) in [6, 6.07) is 15.3. The highest BCUT2D eigenvalue weighted by atomic mass is 16.5. The Morgan fingerprint density at radius 3 is 2.48 bits per heavy atom. The maximum atomic E-state index is 13.8. The summed E-state index contributed by atoms with van der Waals surface area (Å²) in [5.41, 5.74) is 3.93. The van der Waals surface area contributed by atoms with Crippen molar-refractivity contribution in [1.29, 1.82) is 0 Å². The number of nitrogens with zero attached hydrogens (tertiary/aromatic N) is 5. The number of aromatic nitrogens is 5. The van der Waals surface area contributed by atoms with Crippen LogP contribution in [0.3, 0.4) is 0 Å². The predicted molar refractivity (Wildman–Crippen MR) is 126 cm³/mol. The Hall–Kier alpha value is -3.78. The van der Waals surface area contributed by atoms with E-state index in [2.05, 4.69) is 0 Å². The molecule has 0 saturated carbocycles. The molecule has 1 fully saturated rings. The molecule has 0 amide bonds. The summed E-state index contributed by atoms with van der Waals surface area (Å²) in [6.45, 7) is 3.09. The van der Waals surface area contributed by atoms with Crippen molar-refractivity contribution < 1.29 is 9.47 Å². The Labute approximate surface area is 189 Å². The summed E-state index contributed by atoms with van der Waals surface area (Å²) < 4.78 is 14.7. The van der Waals surface area contributed by atoms with Crippen molar-refractivity contribution in [3.05, 3.63) is 64.7 Å². The van der Waals surface area contributed by atoms with Crippen molar-refractivity contribution in [3.8, 4) is 11.4 Å². The van der Waals surface area contributed by atoms with Crippen LogP contribution in [-0.4, -0.2) is 43.9 Å². The molecule has 2 aromatic carbocycles. The minimum absolute atomic E-state index is 0.0301. The summed E-state index contributed by atoms with van der Waals surface area (Å²) in [7, 11) is 1.63. The molecule has 8 nitrogen and oxygen atoms in total.